The Hall–Kier alpha value is -2.51. The summed E-state index contributed by atoms with van der Waals surface area (Å²) >= 11 is 0. The highest BCUT2D eigenvalue weighted by atomic mass is 16.5. The maximum atomic E-state index is 5.95. The van der Waals surface area contributed by atoms with Crippen molar-refractivity contribution in [2.24, 2.45) is 0 Å². The van der Waals surface area contributed by atoms with Crippen LogP contribution >= 0.6 is 0 Å². The van der Waals surface area contributed by atoms with Crippen LogP contribution in [0, 0.1) is 0 Å². The first-order valence-electron chi connectivity index (χ1n) is 9.86. The summed E-state index contributed by atoms with van der Waals surface area (Å²) in [7, 11) is 1.70. The lowest BCUT2D eigenvalue weighted by atomic mass is 10.2. The number of hydrogen-bond donors (Lipinski definition) is 1. The van der Waals surface area contributed by atoms with E-state index in [1.807, 2.05) is 36.5 Å². The first-order valence-corrected chi connectivity index (χ1v) is 9.86. The monoisotopic (exact) mass is 384 g/mol. The first kappa shape index (κ1) is 18.8. The van der Waals surface area contributed by atoms with Gasteiger partial charge in [-0.25, -0.2) is 4.98 Å². The molecule has 7 nitrogen and oxygen atoms in total. The van der Waals surface area contributed by atoms with Crippen LogP contribution in [0.25, 0.3) is 0 Å². The molecular formula is C21H28N4O3. The number of anilines is 2. The van der Waals surface area contributed by atoms with Gasteiger partial charge in [-0.05, 0) is 12.1 Å². The maximum Gasteiger partial charge on any atom is 0.160 e. The van der Waals surface area contributed by atoms with Crippen LogP contribution in [0.1, 0.15) is 0 Å². The molecule has 28 heavy (non-hydrogen) atoms. The predicted molar refractivity (Wildman–Crippen MR) is 110 cm³/mol. The minimum Gasteiger partial charge on any atom is -0.493 e. The van der Waals surface area contributed by atoms with Crippen molar-refractivity contribution in [2.75, 3.05) is 69.5 Å². The number of aromatic nitrogens is 1. The number of nitrogens with one attached hydrogen (secondary N) is 1. The molecule has 0 amide bonds. The van der Waals surface area contributed by atoms with Gasteiger partial charge in [0.25, 0.3) is 0 Å². The lowest BCUT2D eigenvalue weighted by Crippen LogP contribution is -2.53. The highest BCUT2D eigenvalue weighted by Crippen LogP contribution is 2.32. The zero-order valence-electron chi connectivity index (χ0n) is 16.3. The van der Waals surface area contributed by atoms with Gasteiger partial charge in [0.1, 0.15) is 18.2 Å². The van der Waals surface area contributed by atoms with Crippen molar-refractivity contribution in [3.63, 3.8) is 0 Å². The third kappa shape index (κ3) is 4.48. The van der Waals surface area contributed by atoms with Gasteiger partial charge in [0, 0.05) is 38.8 Å². The van der Waals surface area contributed by atoms with Gasteiger partial charge in [0.05, 0.1) is 38.2 Å². The number of ether oxygens (including phenoxy) is 3. The zero-order chi connectivity index (χ0) is 19.2. The zero-order valence-corrected chi connectivity index (χ0v) is 16.3. The van der Waals surface area contributed by atoms with E-state index >= 15 is 0 Å². The molecule has 4 rings (SSSR count). The van der Waals surface area contributed by atoms with Crippen LogP contribution in [-0.4, -0.2) is 70.7 Å². The molecule has 2 fully saturated rings. The molecule has 2 aliphatic rings. The van der Waals surface area contributed by atoms with Crippen molar-refractivity contribution in [3.05, 3.63) is 42.6 Å². The van der Waals surface area contributed by atoms with E-state index in [2.05, 4.69) is 26.2 Å². The van der Waals surface area contributed by atoms with Crippen LogP contribution in [0.5, 0.6) is 11.5 Å². The standard InChI is InChI=1S/C21H28N4O3/c1-26-20-14-23-21(24-9-11-27-12-10-24)13-19(20)25-8-7-22-17(15-25)16-28-18-5-3-2-4-6-18/h2-6,13-14,17,22H,7-12,15-16H2,1H3/t17-/m1/s1. The number of rotatable bonds is 6. The fraction of sp³-hybridized carbons (Fsp3) is 0.476. The number of methoxy groups -OCH3 is 1. The number of hydrogen-bond acceptors (Lipinski definition) is 7. The van der Waals surface area contributed by atoms with E-state index in [9.17, 15) is 0 Å². The number of pyridine rings is 1. The molecule has 2 aliphatic heterocycles. The SMILES string of the molecule is COc1cnc(N2CCOCC2)cc1N1CCN[C@@H](COc2ccccc2)C1. The summed E-state index contributed by atoms with van der Waals surface area (Å²) in [5, 5.41) is 3.55. The Morgan fingerprint density at radius 3 is 2.75 bits per heavy atom. The van der Waals surface area contributed by atoms with E-state index < -0.39 is 0 Å². The van der Waals surface area contributed by atoms with Gasteiger partial charge in [-0.2, -0.15) is 0 Å². The number of nitrogens with zero attached hydrogens (tertiary/aromatic N) is 3. The van der Waals surface area contributed by atoms with Crippen LogP contribution < -0.4 is 24.6 Å². The summed E-state index contributed by atoms with van der Waals surface area (Å²) in [4.78, 5) is 9.23. The van der Waals surface area contributed by atoms with Gasteiger partial charge in [0.15, 0.2) is 5.75 Å². The Bertz CT molecular complexity index is 753. The van der Waals surface area contributed by atoms with E-state index in [-0.39, 0.29) is 6.04 Å². The lowest BCUT2D eigenvalue weighted by Gasteiger charge is -2.36. The fourth-order valence-electron chi connectivity index (χ4n) is 3.66. The lowest BCUT2D eigenvalue weighted by molar-refractivity contribution is 0.122. The van der Waals surface area contributed by atoms with Crippen LogP contribution in [0.2, 0.25) is 0 Å². The molecule has 0 bridgehead atoms. The molecule has 0 aliphatic carbocycles. The van der Waals surface area contributed by atoms with E-state index in [1.54, 1.807) is 7.11 Å². The van der Waals surface area contributed by atoms with Gasteiger partial charge >= 0.3 is 0 Å². The molecule has 2 saturated heterocycles. The normalized spacial score (nSPS) is 20.1. The van der Waals surface area contributed by atoms with Crippen LogP contribution in [-0.2, 0) is 4.74 Å². The molecule has 0 unspecified atom stereocenters. The smallest absolute Gasteiger partial charge is 0.160 e. The molecule has 3 heterocycles. The largest absolute Gasteiger partial charge is 0.493 e. The Balaban J connectivity index is 1.45. The molecule has 0 radical (unpaired) electrons. The molecule has 1 aromatic heterocycles. The van der Waals surface area contributed by atoms with Crippen molar-refractivity contribution in [1.82, 2.24) is 10.3 Å². The fourth-order valence-corrected chi connectivity index (χ4v) is 3.66. The van der Waals surface area contributed by atoms with Crippen molar-refractivity contribution in [3.8, 4) is 11.5 Å². The van der Waals surface area contributed by atoms with Crippen molar-refractivity contribution in [2.45, 2.75) is 6.04 Å². The van der Waals surface area contributed by atoms with E-state index in [0.717, 1.165) is 68.9 Å². The molecule has 2 aromatic rings. The summed E-state index contributed by atoms with van der Waals surface area (Å²) < 4.78 is 17.0. The second kappa shape index (κ2) is 9.12. The maximum absolute atomic E-state index is 5.95. The Labute approximate surface area is 166 Å². The highest BCUT2D eigenvalue weighted by molar-refractivity contribution is 5.64. The highest BCUT2D eigenvalue weighted by Gasteiger charge is 2.24. The molecule has 1 atom stereocenters. The molecule has 1 N–H and O–H groups in total. The van der Waals surface area contributed by atoms with Gasteiger partial charge in [-0.1, -0.05) is 18.2 Å². The number of piperazine rings is 1. The molecular weight excluding hydrogens is 356 g/mol. The van der Waals surface area contributed by atoms with E-state index in [0.29, 0.717) is 6.61 Å². The van der Waals surface area contributed by atoms with Crippen molar-refractivity contribution in [1.29, 1.82) is 0 Å². The van der Waals surface area contributed by atoms with Crippen LogP contribution in [0.3, 0.4) is 0 Å². The second-order valence-electron chi connectivity index (χ2n) is 7.03. The first-order chi connectivity index (χ1) is 13.8. The summed E-state index contributed by atoms with van der Waals surface area (Å²) in [6, 6.07) is 12.3. The summed E-state index contributed by atoms with van der Waals surface area (Å²) in [6.45, 7) is 6.54. The molecule has 150 valence electrons. The van der Waals surface area contributed by atoms with Crippen LogP contribution in [0.15, 0.2) is 42.6 Å². The second-order valence-corrected chi connectivity index (χ2v) is 7.03. The minimum absolute atomic E-state index is 0.249. The Morgan fingerprint density at radius 1 is 1.14 bits per heavy atom. The van der Waals surface area contributed by atoms with E-state index in [4.69, 9.17) is 14.2 Å². The van der Waals surface area contributed by atoms with E-state index in [1.165, 1.54) is 0 Å². The van der Waals surface area contributed by atoms with Gasteiger partial charge in [-0.15, -0.1) is 0 Å². The number of para-hydroxylation sites is 1. The van der Waals surface area contributed by atoms with Crippen molar-refractivity contribution >= 4 is 11.5 Å². The molecule has 0 spiro atoms. The van der Waals surface area contributed by atoms with Crippen LogP contribution in [0.4, 0.5) is 11.5 Å². The molecule has 0 saturated carbocycles. The quantitative estimate of drug-likeness (QED) is 0.815. The summed E-state index contributed by atoms with van der Waals surface area (Å²) in [5.74, 6) is 2.69. The summed E-state index contributed by atoms with van der Waals surface area (Å²) in [6.07, 6.45) is 1.83. The number of morpholine rings is 1. The minimum atomic E-state index is 0.249. The average Bonchev–Trinajstić information content (AvgIpc) is 2.79. The molecule has 7 heteroatoms. The van der Waals surface area contributed by atoms with Gasteiger partial charge in [-0.3, -0.25) is 0 Å². The van der Waals surface area contributed by atoms with Gasteiger partial charge < -0.3 is 29.3 Å². The topological polar surface area (TPSA) is 59.1 Å². The predicted octanol–water partition coefficient (Wildman–Crippen LogP) is 1.78. The average molecular weight is 384 g/mol. The summed E-state index contributed by atoms with van der Waals surface area (Å²) in [5.41, 5.74) is 1.09. The molecule has 1 aromatic carbocycles. The number of benzene rings is 1. The Kier molecular flexibility index (Phi) is 6.14. The third-order valence-electron chi connectivity index (χ3n) is 5.18. The van der Waals surface area contributed by atoms with Crippen molar-refractivity contribution < 1.29 is 14.2 Å². The van der Waals surface area contributed by atoms with Gasteiger partial charge in [0.2, 0.25) is 0 Å². The third-order valence-corrected chi connectivity index (χ3v) is 5.18. The Morgan fingerprint density at radius 2 is 1.96 bits per heavy atom.